The monoisotopic (exact) mass is 154 g/mol. The van der Waals surface area contributed by atoms with Crippen molar-refractivity contribution >= 4 is 5.71 Å². The Labute approximate surface area is 66.7 Å². The summed E-state index contributed by atoms with van der Waals surface area (Å²) >= 11 is 0. The molecule has 2 atom stereocenters. The Morgan fingerprint density at radius 1 is 1.55 bits per heavy atom. The second-order valence-corrected chi connectivity index (χ2v) is 3.66. The summed E-state index contributed by atoms with van der Waals surface area (Å²) in [6.45, 7) is 1.09. The summed E-state index contributed by atoms with van der Waals surface area (Å²) < 4.78 is 0. The van der Waals surface area contributed by atoms with Crippen molar-refractivity contribution in [2.75, 3.05) is 13.6 Å². The summed E-state index contributed by atoms with van der Waals surface area (Å²) in [5.41, 5.74) is 1.03. The van der Waals surface area contributed by atoms with Crippen LogP contribution in [0.25, 0.3) is 0 Å². The first-order valence-corrected chi connectivity index (χ1v) is 4.22. The molecule has 0 radical (unpaired) electrons. The summed E-state index contributed by atoms with van der Waals surface area (Å²) in [6, 6.07) is 0.644. The van der Waals surface area contributed by atoms with E-state index in [-0.39, 0.29) is 0 Å². The summed E-state index contributed by atoms with van der Waals surface area (Å²) in [5, 5.41) is 12.0. The van der Waals surface area contributed by atoms with Gasteiger partial charge in [-0.05, 0) is 19.9 Å². The van der Waals surface area contributed by atoms with Crippen LogP contribution in [0.1, 0.15) is 19.3 Å². The maximum absolute atomic E-state index is 8.67. The van der Waals surface area contributed by atoms with E-state index < -0.39 is 0 Å². The lowest BCUT2D eigenvalue weighted by Gasteiger charge is -2.43. The number of hydrogen-bond donors (Lipinski definition) is 1. The summed E-state index contributed by atoms with van der Waals surface area (Å²) in [6.07, 6.45) is 3.48. The average molecular weight is 154 g/mol. The minimum Gasteiger partial charge on any atom is -0.411 e. The molecule has 3 aliphatic rings. The molecule has 3 heteroatoms. The summed E-state index contributed by atoms with van der Waals surface area (Å²) in [5.74, 6) is 0.537. The second-order valence-electron chi connectivity index (χ2n) is 3.66. The Hall–Kier alpha value is -0.570. The van der Waals surface area contributed by atoms with Crippen LogP contribution in [0.3, 0.4) is 0 Å². The van der Waals surface area contributed by atoms with Gasteiger partial charge in [0.25, 0.3) is 0 Å². The van der Waals surface area contributed by atoms with Gasteiger partial charge < -0.3 is 10.1 Å². The van der Waals surface area contributed by atoms with Gasteiger partial charge in [0.05, 0.1) is 5.71 Å². The van der Waals surface area contributed by atoms with Gasteiger partial charge in [-0.15, -0.1) is 0 Å². The Morgan fingerprint density at radius 3 is 2.82 bits per heavy atom. The number of piperidine rings is 2. The van der Waals surface area contributed by atoms with Crippen LogP contribution >= 0.6 is 0 Å². The van der Waals surface area contributed by atoms with Crippen LogP contribution in [0.5, 0.6) is 0 Å². The molecule has 0 aromatic carbocycles. The largest absolute Gasteiger partial charge is 0.411 e. The molecular formula is C8H14N2O. The molecular weight excluding hydrogens is 140 g/mol. The minimum atomic E-state index is 0.537. The van der Waals surface area contributed by atoms with E-state index in [4.69, 9.17) is 5.21 Å². The fourth-order valence-electron chi connectivity index (χ4n) is 2.26. The summed E-state index contributed by atoms with van der Waals surface area (Å²) in [4.78, 5) is 2.38. The van der Waals surface area contributed by atoms with Crippen molar-refractivity contribution in [3.63, 3.8) is 0 Å². The topological polar surface area (TPSA) is 35.8 Å². The van der Waals surface area contributed by atoms with Crippen LogP contribution in [-0.4, -0.2) is 35.5 Å². The first-order valence-electron chi connectivity index (χ1n) is 4.22. The predicted octanol–water partition coefficient (Wildman–Crippen LogP) is 0.931. The predicted molar refractivity (Wildman–Crippen MR) is 43.0 cm³/mol. The van der Waals surface area contributed by atoms with Crippen molar-refractivity contribution in [1.29, 1.82) is 0 Å². The van der Waals surface area contributed by atoms with Crippen molar-refractivity contribution in [1.82, 2.24) is 4.90 Å². The third-order valence-electron chi connectivity index (χ3n) is 3.02. The molecule has 3 rings (SSSR count). The Bertz CT molecular complexity index is 191. The molecule has 0 spiro atoms. The van der Waals surface area contributed by atoms with Gasteiger partial charge in [0.15, 0.2) is 0 Å². The van der Waals surface area contributed by atoms with Crippen molar-refractivity contribution in [2.24, 2.45) is 11.1 Å². The van der Waals surface area contributed by atoms with Crippen LogP contribution in [0.15, 0.2) is 5.16 Å². The van der Waals surface area contributed by atoms with Crippen molar-refractivity contribution < 1.29 is 5.21 Å². The number of oxime groups is 1. The highest BCUT2D eigenvalue weighted by atomic mass is 16.4. The summed E-state index contributed by atoms with van der Waals surface area (Å²) in [7, 11) is 2.16. The maximum Gasteiger partial charge on any atom is 0.0629 e. The molecule has 0 amide bonds. The molecule has 3 nitrogen and oxygen atoms in total. The van der Waals surface area contributed by atoms with Gasteiger partial charge in [-0.3, -0.25) is 0 Å². The lowest BCUT2D eigenvalue weighted by Crippen LogP contribution is -2.50. The SMILES string of the molecule is CN1CC2CCC1C/C2=N/O. The normalized spacial score (nSPS) is 41.7. The van der Waals surface area contributed by atoms with E-state index in [1.807, 2.05) is 0 Å². The van der Waals surface area contributed by atoms with E-state index in [1.54, 1.807) is 0 Å². The zero-order valence-electron chi connectivity index (χ0n) is 6.82. The zero-order chi connectivity index (χ0) is 7.84. The molecule has 3 fully saturated rings. The fraction of sp³-hybridized carbons (Fsp3) is 0.875. The smallest absolute Gasteiger partial charge is 0.0629 e. The number of nitrogens with zero attached hydrogens (tertiary/aromatic N) is 2. The molecule has 2 aliphatic heterocycles. The number of rotatable bonds is 0. The molecule has 1 aliphatic carbocycles. The molecule has 0 aromatic rings. The third kappa shape index (κ3) is 1.03. The zero-order valence-corrected chi connectivity index (χ0v) is 6.82. The maximum atomic E-state index is 8.67. The van der Waals surface area contributed by atoms with E-state index in [9.17, 15) is 0 Å². The minimum absolute atomic E-state index is 0.537. The standard InChI is InChI=1S/C8H14N2O/c1-10-5-6-2-3-7(10)4-8(6)9-11/h6-7,11H,2-5H2,1H3/b9-8-. The lowest BCUT2D eigenvalue weighted by atomic mass is 9.79. The lowest BCUT2D eigenvalue weighted by molar-refractivity contribution is 0.137. The van der Waals surface area contributed by atoms with E-state index in [0.29, 0.717) is 12.0 Å². The van der Waals surface area contributed by atoms with E-state index in [0.717, 1.165) is 18.7 Å². The molecule has 0 aromatic heterocycles. The van der Waals surface area contributed by atoms with E-state index >= 15 is 0 Å². The van der Waals surface area contributed by atoms with Gasteiger partial charge in [-0.25, -0.2) is 0 Å². The first-order chi connectivity index (χ1) is 5.31. The highest BCUT2D eigenvalue weighted by Gasteiger charge is 2.36. The van der Waals surface area contributed by atoms with Gasteiger partial charge in [0, 0.05) is 24.9 Å². The van der Waals surface area contributed by atoms with E-state index in [1.165, 1.54) is 12.8 Å². The highest BCUT2D eigenvalue weighted by Crippen LogP contribution is 2.31. The fourth-order valence-corrected chi connectivity index (χ4v) is 2.26. The van der Waals surface area contributed by atoms with Crippen molar-refractivity contribution in [3.05, 3.63) is 0 Å². The van der Waals surface area contributed by atoms with Crippen LogP contribution < -0.4 is 0 Å². The molecule has 1 N–H and O–H groups in total. The number of fused-ring (bicyclic) bond motifs is 3. The number of hydrogen-bond acceptors (Lipinski definition) is 3. The average Bonchev–Trinajstić information content (AvgIpc) is 2.05. The van der Waals surface area contributed by atoms with Crippen LogP contribution in [-0.2, 0) is 0 Å². The molecule has 2 saturated heterocycles. The van der Waals surface area contributed by atoms with Crippen LogP contribution in [0, 0.1) is 5.92 Å². The van der Waals surface area contributed by atoms with Gasteiger partial charge in [0.2, 0.25) is 0 Å². The Morgan fingerprint density at radius 2 is 2.36 bits per heavy atom. The van der Waals surface area contributed by atoms with Gasteiger partial charge in [-0.1, -0.05) is 5.16 Å². The quantitative estimate of drug-likeness (QED) is 0.416. The van der Waals surface area contributed by atoms with Crippen LogP contribution in [0.4, 0.5) is 0 Å². The molecule has 2 heterocycles. The molecule has 2 unspecified atom stereocenters. The Balaban J connectivity index is 2.16. The van der Waals surface area contributed by atoms with Crippen molar-refractivity contribution in [2.45, 2.75) is 25.3 Å². The second kappa shape index (κ2) is 2.48. The molecule has 2 bridgehead atoms. The van der Waals surface area contributed by atoms with Gasteiger partial charge in [0.1, 0.15) is 0 Å². The van der Waals surface area contributed by atoms with E-state index in [2.05, 4.69) is 17.1 Å². The van der Waals surface area contributed by atoms with Crippen molar-refractivity contribution in [3.8, 4) is 0 Å². The molecule has 11 heavy (non-hydrogen) atoms. The molecule has 62 valence electrons. The van der Waals surface area contributed by atoms with Crippen LogP contribution in [0.2, 0.25) is 0 Å². The third-order valence-corrected chi connectivity index (χ3v) is 3.02. The highest BCUT2D eigenvalue weighted by molar-refractivity contribution is 5.88. The van der Waals surface area contributed by atoms with Gasteiger partial charge in [-0.2, -0.15) is 0 Å². The van der Waals surface area contributed by atoms with Gasteiger partial charge >= 0.3 is 0 Å². The molecule has 1 saturated carbocycles. The first kappa shape index (κ1) is 7.10. The Kier molecular flexibility index (Phi) is 1.60.